The van der Waals surface area contributed by atoms with Gasteiger partial charge in [0.05, 0.1) is 9.75 Å². The van der Waals surface area contributed by atoms with Crippen LogP contribution in [0, 0.1) is 11.8 Å². The summed E-state index contributed by atoms with van der Waals surface area (Å²) in [4.78, 5) is 17.9. The van der Waals surface area contributed by atoms with Crippen LogP contribution in [-0.4, -0.2) is 61.2 Å². The van der Waals surface area contributed by atoms with Gasteiger partial charge in [0.15, 0.2) is 0 Å². The van der Waals surface area contributed by atoms with Gasteiger partial charge in [-0.1, -0.05) is 11.8 Å². The molecule has 1 N–H and O–H groups in total. The van der Waals surface area contributed by atoms with Crippen molar-refractivity contribution in [3.8, 4) is 11.8 Å². The number of amides is 1. The van der Waals surface area contributed by atoms with Crippen molar-refractivity contribution >= 4 is 17.2 Å². The van der Waals surface area contributed by atoms with Gasteiger partial charge in [0.25, 0.3) is 5.91 Å². The van der Waals surface area contributed by atoms with Gasteiger partial charge in [-0.2, -0.15) is 0 Å². The fraction of sp³-hybridized carbons (Fsp3) is 0.533. The Morgan fingerprint density at radius 3 is 2.70 bits per heavy atom. The molecule has 0 aliphatic rings. The Bertz CT molecular complexity index is 486. The summed E-state index contributed by atoms with van der Waals surface area (Å²) in [5, 5.41) is 8.66. The summed E-state index contributed by atoms with van der Waals surface area (Å²) in [6.45, 7) is 4.28. The molecule has 0 fully saturated rings. The summed E-state index contributed by atoms with van der Waals surface area (Å²) in [6.07, 6.45) is 0.967. The van der Waals surface area contributed by atoms with Crippen LogP contribution in [0.15, 0.2) is 12.1 Å². The van der Waals surface area contributed by atoms with Crippen LogP contribution in [0.1, 0.15) is 27.9 Å². The Balaban J connectivity index is 2.63. The highest BCUT2D eigenvalue weighted by Crippen LogP contribution is 2.17. The lowest BCUT2D eigenvalue weighted by Gasteiger charge is -2.21. The fourth-order valence-electron chi connectivity index (χ4n) is 1.78. The molecule has 0 aliphatic carbocycles. The average Bonchev–Trinajstić information content (AvgIpc) is 2.89. The van der Waals surface area contributed by atoms with Crippen LogP contribution in [0.5, 0.6) is 0 Å². The standard InChI is InChI=1S/C15H22N2O2S/c1-4-17(11-6-10-16(2)3)15(19)14-9-8-13(20-14)7-5-12-18/h8-9,18H,4,6,10-12H2,1-3H3. The third-order valence-electron chi connectivity index (χ3n) is 2.81. The second-order valence-electron chi connectivity index (χ2n) is 4.67. The monoisotopic (exact) mass is 294 g/mol. The lowest BCUT2D eigenvalue weighted by Crippen LogP contribution is -2.32. The van der Waals surface area contributed by atoms with Crippen LogP contribution in [0.3, 0.4) is 0 Å². The molecule has 0 aromatic carbocycles. The molecule has 0 saturated carbocycles. The highest BCUT2D eigenvalue weighted by atomic mass is 32.1. The molecule has 20 heavy (non-hydrogen) atoms. The molecule has 0 unspecified atom stereocenters. The number of thiophene rings is 1. The smallest absolute Gasteiger partial charge is 0.263 e. The summed E-state index contributed by atoms with van der Waals surface area (Å²) in [5.74, 6) is 5.48. The Morgan fingerprint density at radius 1 is 1.35 bits per heavy atom. The van der Waals surface area contributed by atoms with E-state index in [0.29, 0.717) is 11.4 Å². The van der Waals surface area contributed by atoms with Crippen LogP contribution >= 0.6 is 11.3 Å². The maximum atomic E-state index is 12.4. The number of hydrogen-bond donors (Lipinski definition) is 1. The van der Waals surface area contributed by atoms with Gasteiger partial charge in [-0.25, -0.2) is 0 Å². The van der Waals surface area contributed by atoms with E-state index in [1.54, 1.807) is 0 Å². The highest BCUT2D eigenvalue weighted by Gasteiger charge is 2.15. The molecular weight excluding hydrogens is 272 g/mol. The third kappa shape index (κ3) is 5.33. The molecule has 0 spiro atoms. The predicted molar refractivity (Wildman–Crippen MR) is 83.0 cm³/mol. The Hall–Kier alpha value is -1.35. The van der Waals surface area contributed by atoms with Crippen molar-refractivity contribution < 1.29 is 9.90 Å². The van der Waals surface area contributed by atoms with E-state index in [4.69, 9.17) is 5.11 Å². The highest BCUT2D eigenvalue weighted by molar-refractivity contribution is 7.14. The zero-order valence-corrected chi connectivity index (χ0v) is 13.2. The largest absolute Gasteiger partial charge is 0.384 e. The molecule has 1 aromatic heterocycles. The molecule has 1 rings (SSSR count). The summed E-state index contributed by atoms with van der Waals surface area (Å²) < 4.78 is 0. The normalized spacial score (nSPS) is 10.2. The van der Waals surface area contributed by atoms with Crippen molar-refractivity contribution in [3.05, 3.63) is 21.9 Å². The van der Waals surface area contributed by atoms with Crippen molar-refractivity contribution in [2.75, 3.05) is 40.3 Å². The molecule has 0 radical (unpaired) electrons. The van der Waals surface area contributed by atoms with Crippen LogP contribution < -0.4 is 0 Å². The van der Waals surface area contributed by atoms with Crippen LogP contribution in [0.4, 0.5) is 0 Å². The van der Waals surface area contributed by atoms with Crippen molar-refractivity contribution in [2.45, 2.75) is 13.3 Å². The lowest BCUT2D eigenvalue weighted by atomic mass is 10.3. The molecule has 0 saturated heterocycles. The van der Waals surface area contributed by atoms with Crippen LogP contribution in [0.25, 0.3) is 0 Å². The Kier molecular flexibility index (Phi) is 7.31. The second-order valence-corrected chi connectivity index (χ2v) is 5.75. The minimum Gasteiger partial charge on any atom is -0.384 e. The first-order valence-electron chi connectivity index (χ1n) is 6.72. The van der Waals surface area contributed by atoms with E-state index in [2.05, 4.69) is 16.7 Å². The van der Waals surface area contributed by atoms with E-state index >= 15 is 0 Å². The van der Waals surface area contributed by atoms with Gasteiger partial charge in [-0.3, -0.25) is 4.79 Å². The number of nitrogens with zero attached hydrogens (tertiary/aromatic N) is 2. The number of rotatable bonds is 6. The summed E-state index contributed by atoms with van der Waals surface area (Å²) >= 11 is 1.38. The zero-order valence-electron chi connectivity index (χ0n) is 12.3. The molecule has 4 nitrogen and oxygen atoms in total. The average molecular weight is 294 g/mol. The number of aliphatic hydroxyl groups excluding tert-OH is 1. The van der Waals surface area contributed by atoms with Crippen LogP contribution in [0.2, 0.25) is 0 Å². The van der Waals surface area contributed by atoms with E-state index < -0.39 is 0 Å². The van der Waals surface area contributed by atoms with Crippen LogP contribution in [-0.2, 0) is 0 Å². The molecular formula is C15H22N2O2S. The van der Waals surface area contributed by atoms with E-state index in [9.17, 15) is 4.79 Å². The maximum absolute atomic E-state index is 12.4. The van der Waals surface area contributed by atoms with Crippen molar-refractivity contribution in [1.29, 1.82) is 0 Å². The Labute approximate surface area is 125 Å². The third-order valence-corrected chi connectivity index (χ3v) is 3.80. The molecule has 1 heterocycles. The molecule has 0 bridgehead atoms. The van der Waals surface area contributed by atoms with E-state index in [1.165, 1.54) is 11.3 Å². The topological polar surface area (TPSA) is 43.8 Å². The molecule has 1 aromatic rings. The van der Waals surface area contributed by atoms with E-state index in [-0.39, 0.29) is 12.5 Å². The first-order valence-corrected chi connectivity index (χ1v) is 7.53. The van der Waals surface area contributed by atoms with E-state index in [1.807, 2.05) is 38.1 Å². The summed E-state index contributed by atoms with van der Waals surface area (Å²) in [5.41, 5.74) is 0. The van der Waals surface area contributed by atoms with E-state index in [0.717, 1.165) is 24.4 Å². The van der Waals surface area contributed by atoms with Crippen molar-refractivity contribution in [2.24, 2.45) is 0 Å². The Morgan fingerprint density at radius 2 is 2.10 bits per heavy atom. The minimum atomic E-state index is -0.160. The molecule has 1 amide bonds. The number of carbonyl (C=O) groups excluding carboxylic acids is 1. The van der Waals surface area contributed by atoms with Gasteiger partial charge >= 0.3 is 0 Å². The van der Waals surface area contributed by atoms with Crippen molar-refractivity contribution in [1.82, 2.24) is 9.80 Å². The van der Waals surface area contributed by atoms with Crippen molar-refractivity contribution in [3.63, 3.8) is 0 Å². The van der Waals surface area contributed by atoms with Gasteiger partial charge in [0.1, 0.15) is 6.61 Å². The maximum Gasteiger partial charge on any atom is 0.263 e. The van der Waals surface area contributed by atoms with Gasteiger partial charge in [0, 0.05) is 13.1 Å². The first kappa shape index (κ1) is 16.7. The second kappa shape index (κ2) is 8.75. The van der Waals surface area contributed by atoms with Gasteiger partial charge < -0.3 is 14.9 Å². The lowest BCUT2D eigenvalue weighted by molar-refractivity contribution is 0.0764. The minimum absolute atomic E-state index is 0.0632. The van der Waals surface area contributed by atoms with Gasteiger partial charge in [-0.15, -0.1) is 11.3 Å². The number of carbonyl (C=O) groups is 1. The molecule has 0 atom stereocenters. The number of hydrogen-bond acceptors (Lipinski definition) is 4. The summed E-state index contributed by atoms with van der Waals surface area (Å²) in [6, 6.07) is 3.64. The molecule has 5 heteroatoms. The SMILES string of the molecule is CCN(CCCN(C)C)C(=O)c1ccc(C#CCO)s1. The summed E-state index contributed by atoms with van der Waals surface area (Å²) in [7, 11) is 4.06. The molecule has 110 valence electrons. The fourth-order valence-corrected chi connectivity index (χ4v) is 2.63. The van der Waals surface area contributed by atoms with Gasteiger partial charge in [-0.05, 0) is 46.1 Å². The quantitative estimate of drug-likeness (QED) is 0.809. The molecule has 0 aliphatic heterocycles. The zero-order chi connectivity index (χ0) is 15.0. The predicted octanol–water partition coefficient (Wildman–Crippen LogP) is 1.51. The number of aliphatic hydroxyl groups is 1. The van der Waals surface area contributed by atoms with Gasteiger partial charge in [0.2, 0.25) is 0 Å². The first-order chi connectivity index (χ1) is 9.58.